The Morgan fingerprint density at radius 3 is 2.08 bits per heavy atom. The maximum atomic E-state index is 12.4. The van der Waals surface area contributed by atoms with E-state index in [2.05, 4.69) is 6.92 Å². The van der Waals surface area contributed by atoms with Crippen LogP contribution in [0.25, 0.3) is 0 Å². The lowest BCUT2D eigenvalue weighted by atomic mass is 9.90. The van der Waals surface area contributed by atoms with E-state index in [1.54, 1.807) is 24.3 Å². The molecule has 0 bridgehead atoms. The van der Waals surface area contributed by atoms with Gasteiger partial charge in [-0.3, -0.25) is 0 Å². The summed E-state index contributed by atoms with van der Waals surface area (Å²) in [6, 6.07) is 6.66. The molecular weight excluding hydrogens is 316 g/mol. The highest BCUT2D eigenvalue weighted by molar-refractivity contribution is 6.03. The summed E-state index contributed by atoms with van der Waals surface area (Å²) in [5, 5.41) is 0. The smallest absolute Gasteiger partial charge is 0.339 e. The Labute approximate surface area is 151 Å². The van der Waals surface area contributed by atoms with Crippen molar-refractivity contribution in [2.75, 3.05) is 6.61 Å². The van der Waals surface area contributed by atoms with Crippen molar-refractivity contribution in [3.63, 3.8) is 0 Å². The zero-order valence-corrected chi connectivity index (χ0v) is 16.3. The molecule has 1 aromatic carbocycles. The summed E-state index contributed by atoms with van der Waals surface area (Å²) in [6.07, 6.45) is 5.17. The van der Waals surface area contributed by atoms with E-state index in [1.165, 1.54) is 12.8 Å². The number of carbonyl (C=O) groups excluding carboxylic acids is 2. The summed E-state index contributed by atoms with van der Waals surface area (Å²) in [5.74, 6) is -0.954. The summed E-state index contributed by atoms with van der Waals surface area (Å²) < 4.78 is 10.8. The minimum absolute atomic E-state index is 0.163. The molecule has 0 aliphatic rings. The fraction of sp³-hybridized carbons (Fsp3) is 0.619. The Kier molecular flexibility index (Phi) is 8.67. The van der Waals surface area contributed by atoms with Crippen LogP contribution < -0.4 is 0 Å². The molecule has 4 heteroatoms. The van der Waals surface area contributed by atoms with Crippen molar-refractivity contribution in [1.82, 2.24) is 0 Å². The molecule has 140 valence electrons. The van der Waals surface area contributed by atoms with Crippen molar-refractivity contribution in [2.24, 2.45) is 5.41 Å². The third kappa shape index (κ3) is 7.29. The molecule has 0 saturated heterocycles. The van der Waals surface area contributed by atoms with E-state index >= 15 is 0 Å². The van der Waals surface area contributed by atoms with Crippen LogP contribution in [0.15, 0.2) is 24.3 Å². The second kappa shape index (κ2) is 10.2. The molecule has 4 nitrogen and oxygen atoms in total. The van der Waals surface area contributed by atoms with Crippen LogP contribution in [-0.2, 0) is 9.47 Å². The largest absolute Gasteiger partial charge is 0.462 e. The molecule has 1 atom stereocenters. The van der Waals surface area contributed by atoms with Gasteiger partial charge in [0.05, 0.1) is 17.7 Å². The van der Waals surface area contributed by atoms with Crippen LogP contribution in [0, 0.1) is 5.41 Å². The first-order chi connectivity index (χ1) is 11.8. The Balaban J connectivity index is 2.66. The van der Waals surface area contributed by atoms with Gasteiger partial charge in [0, 0.05) is 0 Å². The van der Waals surface area contributed by atoms with Gasteiger partial charge in [0.2, 0.25) is 0 Å². The molecular formula is C21H32O4. The van der Waals surface area contributed by atoms with Crippen molar-refractivity contribution >= 4 is 11.9 Å². The molecule has 0 spiro atoms. The van der Waals surface area contributed by atoms with E-state index in [4.69, 9.17) is 9.47 Å². The summed E-state index contributed by atoms with van der Waals surface area (Å²) in [5.41, 5.74) is 0.362. The van der Waals surface area contributed by atoms with E-state index in [-0.39, 0.29) is 22.6 Å². The predicted octanol–water partition coefficient (Wildman–Crippen LogP) is 5.41. The topological polar surface area (TPSA) is 52.6 Å². The highest BCUT2D eigenvalue weighted by atomic mass is 16.5. The average molecular weight is 348 g/mol. The average Bonchev–Trinajstić information content (AvgIpc) is 2.56. The van der Waals surface area contributed by atoms with Crippen LogP contribution in [0.3, 0.4) is 0 Å². The molecule has 0 N–H and O–H groups in total. The lowest BCUT2D eigenvalue weighted by molar-refractivity contribution is 0.00437. The van der Waals surface area contributed by atoms with Crippen molar-refractivity contribution < 1.29 is 19.1 Å². The highest BCUT2D eigenvalue weighted by Crippen LogP contribution is 2.23. The molecule has 0 aromatic heterocycles. The van der Waals surface area contributed by atoms with Gasteiger partial charge in [-0.05, 0) is 30.9 Å². The van der Waals surface area contributed by atoms with Gasteiger partial charge in [-0.2, -0.15) is 0 Å². The first kappa shape index (κ1) is 21.2. The minimum atomic E-state index is -0.488. The lowest BCUT2D eigenvalue weighted by Crippen LogP contribution is -2.29. The molecule has 0 saturated carbocycles. The molecule has 0 amide bonds. The van der Waals surface area contributed by atoms with Crippen molar-refractivity contribution in [2.45, 2.75) is 72.8 Å². The lowest BCUT2D eigenvalue weighted by Gasteiger charge is -2.27. The van der Waals surface area contributed by atoms with Gasteiger partial charge in [-0.1, -0.05) is 65.5 Å². The van der Waals surface area contributed by atoms with Gasteiger partial charge >= 0.3 is 11.9 Å². The van der Waals surface area contributed by atoms with Gasteiger partial charge in [0.15, 0.2) is 0 Å². The van der Waals surface area contributed by atoms with E-state index < -0.39 is 11.9 Å². The first-order valence-corrected chi connectivity index (χ1v) is 9.24. The normalized spacial score (nSPS) is 12.5. The Morgan fingerprint density at radius 1 is 0.960 bits per heavy atom. The second-order valence-corrected chi connectivity index (χ2v) is 7.51. The van der Waals surface area contributed by atoms with E-state index in [1.807, 2.05) is 27.7 Å². The van der Waals surface area contributed by atoms with Crippen LogP contribution in [0.2, 0.25) is 0 Å². The van der Waals surface area contributed by atoms with E-state index in [9.17, 15) is 9.59 Å². The molecule has 1 rings (SSSR count). The molecule has 0 aliphatic heterocycles. The summed E-state index contributed by atoms with van der Waals surface area (Å²) in [4.78, 5) is 24.8. The highest BCUT2D eigenvalue weighted by Gasteiger charge is 2.26. The minimum Gasteiger partial charge on any atom is -0.462 e. The number of ether oxygens (including phenoxy) is 2. The van der Waals surface area contributed by atoms with Crippen LogP contribution in [0.1, 0.15) is 87.4 Å². The summed E-state index contributed by atoms with van der Waals surface area (Å²) in [6.45, 7) is 10.4. The number of carbonyl (C=O) groups is 2. The van der Waals surface area contributed by atoms with Crippen molar-refractivity contribution in [1.29, 1.82) is 0 Å². The van der Waals surface area contributed by atoms with Gasteiger partial charge in [0.25, 0.3) is 0 Å². The van der Waals surface area contributed by atoms with Crippen LogP contribution >= 0.6 is 0 Å². The van der Waals surface area contributed by atoms with Gasteiger partial charge in [-0.15, -0.1) is 0 Å². The van der Waals surface area contributed by atoms with Gasteiger partial charge in [0.1, 0.15) is 6.10 Å². The molecule has 1 unspecified atom stereocenters. The van der Waals surface area contributed by atoms with E-state index in [0.717, 1.165) is 19.3 Å². The quantitative estimate of drug-likeness (QED) is 0.442. The number of esters is 2. The standard InChI is InChI=1S/C21H32O4/c1-6-7-8-9-12-15-24-19(22)17-13-10-11-14-18(17)20(23)25-16(2)21(3,4)5/h10-11,13-14,16H,6-9,12,15H2,1-5H3. The number of rotatable bonds is 9. The van der Waals surface area contributed by atoms with E-state index in [0.29, 0.717) is 6.61 Å². The second-order valence-electron chi connectivity index (χ2n) is 7.51. The molecule has 0 fully saturated rings. The van der Waals surface area contributed by atoms with Crippen LogP contribution in [-0.4, -0.2) is 24.6 Å². The van der Waals surface area contributed by atoms with Gasteiger partial charge in [-0.25, -0.2) is 9.59 Å². The molecule has 0 aliphatic carbocycles. The number of hydrogen-bond donors (Lipinski definition) is 0. The maximum Gasteiger partial charge on any atom is 0.339 e. The van der Waals surface area contributed by atoms with Crippen molar-refractivity contribution in [3.8, 4) is 0 Å². The molecule has 25 heavy (non-hydrogen) atoms. The predicted molar refractivity (Wildman–Crippen MR) is 99.8 cm³/mol. The zero-order valence-electron chi connectivity index (χ0n) is 16.3. The third-order valence-electron chi connectivity index (χ3n) is 4.35. The van der Waals surface area contributed by atoms with Crippen molar-refractivity contribution in [3.05, 3.63) is 35.4 Å². The van der Waals surface area contributed by atoms with Gasteiger partial charge < -0.3 is 9.47 Å². The number of benzene rings is 1. The first-order valence-electron chi connectivity index (χ1n) is 9.24. The van der Waals surface area contributed by atoms with Crippen LogP contribution in [0.4, 0.5) is 0 Å². The number of hydrogen-bond acceptors (Lipinski definition) is 4. The summed E-state index contributed by atoms with van der Waals surface area (Å²) >= 11 is 0. The van der Waals surface area contributed by atoms with Crippen LogP contribution in [0.5, 0.6) is 0 Å². The molecule has 0 heterocycles. The Hall–Kier alpha value is -1.84. The summed E-state index contributed by atoms with van der Waals surface area (Å²) in [7, 11) is 0. The molecule has 0 radical (unpaired) electrons. The maximum absolute atomic E-state index is 12.4. The number of unbranched alkanes of at least 4 members (excludes halogenated alkanes) is 4. The fourth-order valence-electron chi connectivity index (χ4n) is 2.19. The Bertz CT molecular complexity index is 557. The fourth-order valence-corrected chi connectivity index (χ4v) is 2.19. The monoisotopic (exact) mass is 348 g/mol. The Morgan fingerprint density at radius 2 is 1.52 bits per heavy atom. The molecule has 1 aromatic rings. The zero-order chi connectivity index (χ0) is 18.9. The SMILES string of the molecule is CCCCCCCOC(=O)c1ccccc1C(=O)OC(C)C(C)(C)C. The third-order valence-corrected chi connectivity index (χ3v) is 4.35.